The maximum atomic E-state index is 5.83. The van der Waals surface area contributed by atoms with Gasteiger partial charge in [-0.05, 0) is 50.2 Å². The molecule has 2 aromatic heterocycles. The number of pyridine rings is 1. The highest BCUT2D eigenvalue weighted by Crippen LogP contribution is 2.27. The van der Waals surface area contributed by atoms with Crippen molar-refractivity contribution in [3.05, 3.63) is 54.4 Å². The number of fused-ring (bicyclic) bond motifs is 1. The second-order valence-electron chi connectivity index (χ2n) is 6.29. The van der Waals surface area contributed by atoms with Gasteiger partial charge in [0, 0.05) is 24.0 Å². The summed E-state index contributed by atoms with van der Waals surface area (Å²) in [5.74, 6) is 0. The Kier molecular flexibility index (Phi) is 3.75. The van der Waals surface area contributed by atoms with Crippen LogP contribution in [0.2, 0.25) is 0 Å². The van der Waals surface area contributed by atoms with Crippen LogP contribution in [-0.4, -0.2) is 27.4 Å². The fourth-order valence-corrected chi connectivity index (χ4v) is 3.40. The molecule has 0 atom stereocenters. The summed E-state index contributed by atoms with van der Waals surface area (Å²) in [4.78, 5) is 7.42. The second-order valence-corrected chi connectivity index (χ2v) is 6.29. The minimum atomic E-state index is 0.787. The fraction of sp³-hybridized carbons (Fsp3) is 0.316. The summed E-state index contributed by atoms with van der Waals surface area (Å²) in [6.45, 7) is 3.31. The maximum absolute atomic E-state index is 5.83. The molecule has 4 heteroatoms. The number of aromatic nitrogens is 2. The summed E-state index contributed by atoms with van der Waals surface area (Å²) in [6, 6.07) is 14.2. The Morgan fingerprint density at radius 2 is 1.74 bits per heavy atom. The summed E-state index contributed by atoms with van der Waals surface area (Å²) in [5.41, 5.74) is 11.1. The van der Waals surface area contributed by atoms with E-state index in [-0.39, 0.29) is 0 Å². The van der Waals surface area contributed by atoms with Crippen molar-refractivity contribution in [2.45, 2.75) is 25.8 Å². The van der Waals surface area contributed by atoms with E-state index in [1.54, 1.807) is 0 Å². The van der Waals surface area contributed by atoms with Gasteiger partial charge in [-0.2, -0.15) is 0 Å². The molecule has 0 amide bonds. The molecule has 4 rings (SSSR count). The van der Waals surface area contributed by atoms with Gasteiger partial charge in [0.15, 0.2) is 0 Å². The third kappa shape index (κ3) is 2.82. The van der Waals surface area contributed by atoms with Crippen LogP contribution in [0.3, 0.4) is 0 Å². The third-order valence-corrected chi connectivity index (χ3v) is 4.64. The molecule has 3 aromatic rings. The van der Waals surface area contributed by atoms with Gasteiger partial charge in [0.25, 0.3) is 0 Å². The van der Waals surface area contributed by atoms with Crippen LogP contribution in [0.5, 0.6) is 0 Å². The number of nitrogen functional groups attached to an aromatic ring is 1. The first-order chi connectivity index (χ1) is 11.3. The van der Waals surface area contributed by atoms with Crippen LogP contribution in [0.15, 0.2) is 48.7 Å². The molecule has 0 saturated carbocycles. The van der Waals surface area contributed by atoms with Crippen molar-refractivity contribution in [2.24, 2.45) is 0 Å². The van der Waals surface area contributed by atoms with Gasteiger partial charge < -0.3 is 10.1 Å². The zero-order valence-corrected chi connectivity index (χ0v) is 13.3. The molecule has 0 unspecified atom stereocenters. The number of benzene rings is 1. The van der Waals surface area contributed by atoms with E-state index < -0.39 is 0 Å². The van der Waals surface area contributed by atoms with E-state index in [0.29, 0.717) is 0 Å². The van der Waals surface area contributed by atoms with Gasteiger partial charge in [0.05, 0.1) is 11.4 Å². The van der Waals surface area contributed by atoms with E-state index in [0.717, 1.165) is 29.1 Å². The highest BCUT2D eigenvalue weighted by molar-refractivity contribution is 5.68. The van der Waals surface area contributed by atoms with Gasteiger partial charge in [-0.25, -0.2) is 4.98 Å². The number of rotatable bonds is 3. The first-order valence-electron chi connectivity index (χ1n) is 8.35. The minimum Gasteiger partial charge on any atom is -0.399 e. The molecule has 1 saturated heterocycles. The van der Waals surface area contributed by atoms with Crippen molar-refractivity contribution in [1.82, 2.24) is 14.3 Å². The number of likely N-dealkylation sites (tertiary alicyclic amines) is 1. The molecule has 4 nitrogen and oxygen atoms in total. The van der Waals surface area contributed by atoms with E-state index in [9.17, 15) is 0 Å². The quantitative estimate of drug-likeness (QED) is 0.753. The predicted octanol–water partition coefficient (Wildman–Crippen LogP) is 3.57. The van der Waals surface area contributed by atoms with Crippen molar-refractivity contribution < 1.29 is 0 Å². The summed E-state index contributed by atoms with van der Waals surface area (Å²) in [6.07, 6.45) is 6.07. The van der Waals surface area contributed by atoms with E-state index in [1.807, 2.05) is 18.2 Å². The molecule has 1 fully saturated rings. The molecule has 118 valence electrons. The molecule has 0 aliphatic carbocycles. The zero-order chi connectivity index (χ0) is 15.6. The molecule has 1 aliphatic rings. The van der Waals surface area contributed by atoms with E-state index in [4.69, 9.17) is 10.7 Å². The first-order valence-corrected chi connectivity index (χ1v) is 8.35. The van der Waals surface area contributed by atoms with Gasteiger partial charge >= 0.3 is 0 Å². The molecule has 2 N–H and O–H groups in total. The third-order valence-electron chi connectivity index (χ3n) is 4.64. The molecule has 3 heterocycles. The van der Waals surface area contributed by atoms with Crippen molar-refractivity contribution >= 4 is 11.3 Å². The number of nitrogens with zero attached hydrogens (tertiary/aromatic N) is 3. The lowest BCUT2D eigenvalue weighted by Crippen LogP contribution is -2.29. The SMILES string of the molecule is Nc1ccc(-c2nc3ccccn3c2CN2CCCCC2)cc1. The maximum Gasteiger partial charge on any atom is 0.137 e. The van der Waals surface area contributed by atoms with Gasteiger partial charge in [-0.1, -0.05) is 24.6 Å². The fourth-order valence-electron chi connectivity index (χ4n) is 3.40. The second kappa shape index (κ2) is 6.05. The van der Waals surface area contributed by atoms with Crippen LogP contribution in [0.4, 0.5) is 5.69 Å². The lowest BCUT2D eigenvalue weighted by atomic mass is 10.1. The number of hydrogen-bond donors (Lipinski definition) is 1. The summed E-state index contributed by atoms with van der Waals surface area (Å²) < 4.78 is 2.22. The van der Waals surface area contributed by atoms with E-state index in [1.165, 1.54) is 38.0 Å². The normalized spacial score (nSPS) is 16.0. The molecular weight excluding hydrogens is 284 g/mol. The Bertz CT molecular complexity index is 798. The highest BCUT2D eigenvalue weighted by atomic mass is 15.2. The Morgan fingerprint density at radius 1 is 0.957 bits per heavy atom. The van der Waals surface area contributed by atoms with Crippen LogP contribution < -0.4 is 5.73 Å². The van der Waals surface area contributed by atoms with Crippen LogP contribution >= 0.6 is 0 Å². The number of nitrogens with two attached hydrogens (primary N) is 1. The number of piperidine rings is 1. The molecule has 1 aromatic carbocycles. The van der Waals surface area contributed by atoms with Crippen LogP contribution in [-0.2, 0) is 6.54 Å². The van der Waals surface area contributed by atoms with Gasteiger partial charge in [0.1, 0.15) is 5.65 Å². The average Bonchev–Trinajstić information content (AvgIpc) is 2.95. The number of imidazole rings is 1. The smallest absolute Gasteiger partial charge is 0.137 e. The lowest BCUT2D eigenvalue weighted by Gasteiger charge is -2.26. The van der Waals surface area contributed by atoms with E-state index in [2.05, 4.69) is 39.8 Å². The highest BCUT2D eigenvalue weighted by Gasteiger charge is 2.18. The number of anilines is 1. The first kappa shape index (κ1) is 14.3. The van der Waals surface area contributed by atoms with Crippen LogP contribution in [0.1, 0.15) is 25.0 Å². The average molecular weight is 306 g/mol. The number of hydrogen-bond acceptors (Lipinski definition) is 3. The van der Waals surface area contributed by atoms with Gasteiger partial charge in [0.2, 0.25) is 0 Å². The lowest BCUT2D eigenvalue weighted by molar-refractivity contribution is 0.218. The summed E-state index contributed by atoms with van der Waals surface area (Å²) in [7, 11) is 0. The molecule has 23 heavy (non-hydrogen) atoms. The van der Waals surface area contributed by atoms with Crippen molar-refractivity contribution in [1.29, 1.82) is 0 Å². The monoisotopic (exact) mass is 306 g/mol. The molecule has 0 spiro atoms. The Morgan fingerprint density at radius 3 is 2.52 bits per heavy atom. The molecule has 0 radical (unpaired) electrons. The van der Waals surface area contributed by atoms with Gasteiger partial charge in [-0.15, -0.1) is 0 Å². The van der Waals surface area contributed by atoms with Crippen molar-refractivity contribution in [3.8, 4) is 11.3 Å². The van der Waals surface area contributed by atoms with Crippen molar-refractivity contribution in [3.63, 3.8) is 0 Å². The Balaban J connectivity index is 1.79. The van der Waals surface area contributed by atoms with Crippen molar-refractivity contribution in [2.75, 3.05) is 18.8 Å². The predicted molar refractivity (Wildman–Crippen MR) is 94.2 cm³/mol. The molecule has 0 bridgehead atoms. The van der Waals surface area contributed by atoms with Crippen LogP contribution in [0, 0.1) is 0 Å². The molecule has 1 aliphatic heterocycles. The summed E-state index contributed by atoms with van der Waals surface area (Å²) in [5, 5.41) is 0. The molecular formula is C19H22N4. The standard InChI is InChI=1S/C19H22N4/c20-16-9-7-15(8-10-16)19-17(14-22-11-3-1-4-12-22)23-13-5-2-6-18(23)21-19/h2,5-10,13H,1,3-4,11-12,14,20H2. The van der Waals surface area contributed by atoms with Crippen LogP contribution in [0.25, 0.3) is 16.9 Å². The Labute approximate surface area is 136 Å². The van der Waals surface area contributed by atoms with E-state index >= 15 is 0 Å². The largest absolute Gasteiger partial charge is 0.399 e. The minimum absolute atomic E-state index is 0.787. The topological polar surface area (TPSA) is 46.6 Å². The zero-order valence-electron chi connectivity index (χ0n) is 13.3. The Hall–Kier alpha value is -2.33. The summed E-state index contributed by atoms with van der Waals surface area (Å²) >= 11 is 0. The van der Waals surface area contributed by atoms with Gasteiger partial charge in [-0.3, -0.25) is 4.90 Å².